The van der Waals surface area contributed by atoms with Crippen LogP contribution in [-0.2, 0) is 16.0 Å². The predicted molar refractivity (Wildman–Crippen MR) is 74.8 cm³/mol. The minimum atomic E-state index is 0.168. The summed E-state index contributed by atoms with van der Waals surface area (Å²) in [6.45, 7) is 7.90. The Kier molecular flexibility index (Phi) is 3.83. The molecule has 2 aromatic heterocycles. The highest BCUT2D eigenvalue weighted by molar-refractivity contribution is 7.17. The largest absolute Gasteiger partial charge is 0.376 e. The van der Waals surface area contributed by atoms with Gasteiger partial charge in [0.05, 0.1) is 37.3 Å². The van der Waals surface area contributed by atoms with Gasteiger partial charge in [0.2, 0.25) is 0 Å². The second-order valence-corrected chi connectivity index (χ2v) is 6.05. The minimum absolute atomic E-state index is 0.168. The number of hydrogen-bond acceptors (Lipinski definition) is 5. The SMILES string of the molecule is Cc1cn2c(CNCC3COCCO3)c(C)nc2s1. The summed E-state index contributed by atoms with van der Waals surface area (Å²) in [5.74, 6) is 0. The third-order valence-electron chi connectivity index (χ3n) is 3.29. The van der Waals surface area contributed by atoms with Gasteiger partial charge in [0, 0.05) is 24.2 Å². The molecule has 0 aliphatic carbocycles. The maximum atomic E-state index is 5.61. The van der Waals surface area contributed by atoms with E-state index in [2.05, 4.69) is 34.7 Å². The lowest BCUT2D eigenvalue weighted by Crippen LogP contribution is -2.37. The molecule has 104 valence electrons. The van der Waals surface area contributed by atoms with Crippen LogP contribution in [0.15, 0.2) is 6.20 Å². The molecular formula is C13H19N3O2S. The Bertz CT molecular complexity index is 557. The molecule has 3 rings (SSSR count). The van der Waals surface area contributed by atoms with Gasteiger partial charge in [-0.2, -0.15) is 0 Å². The van der Waals surface area contributed by atoms with E-state index < -0.39 is 0 Å². The fraction of sp³-hybridized carbons (Fsp3) is 0.615. The van der Waals surface area contributed by atoms with Crippen LogP contribution in [0.2, 0.25) is 0 Å². The van der Waals surface area contributed by atoms with E-state index >= 15 is 0 Å². The molecule has 6 heteroatoms. The van der Waals surface area contributed by atoms with E-state index in [1.807, 2.05) is 0 Å². The fourth-order valence-electron chi connectivity index (χ4n) is 2.33. The molecule has 0 radical (unpaired) electrons. The second-order valence-electron chi connectivity index (χ2n) is 4.84. The van der Waals surface area contributed by atoms with E-state index in [-0.39, 0.29) is 6.10 Å². The lowest BCUT2D eigenvalue weighted by atomic mass is 10.3. The Balaban J connectivity index is 1.62. The van der Waals surface area contributed by atoms with Gasteiger partial charge in [-0.3, -0.25) is 4.40 Å². The van der Waals surface area contributed by atoms with Gasteiger partial charge in [-0.15, -0.1) is 11.3 Å². The van der Waals surface area contributed by atoms with Gasteiger partial charge in [0.25, 0.3) is 0 Å². The van der Waals surface area contributed by atoms with Gasteiger partial charge in [-0.25, -0.2) is 4.98 Å². The van der Waals surface area contributed by atoms with Crippen LogP contribution < -0.4 is 5.32 Å². The molecule has 1 N–H and O–H groups in total. The monoisotopic (exact) mass is 281 g/mol. The number of imidazole rings is 1. The molecular weight excluding hydrogens is 262 g/mol. The van der Waals surface area contributed by atoms with Crippen molar-refractivity contribution in [3.8, 4) is 0 Å². The molecule has 1 saturated heterocycles. The summed E-state index contributed by atoms with van der Waals surface area (Å²) < 4.78 is 13.2. The van der Waals surface area contributed by atoms with Crippen LogP contribution in [0.3, 0.4) is 0 Å². The average molecular weight is 281 g/mol. The van der Waals surface area contributed by atoms with E-state index in [1.165, 1.54) is 10.6 Å². The van der Waals surface area contributed by atoms with Crippen molar-refractivity contribution < 1.29 is 9.47 Å². The van der Waals surface area contributed by atoms with Gasteiger partial charge in [-0.05, 0) is 13.8 Å². The predicted octanol–water partition coefficient (Wildman–Crippen LogP) is 1.52. The Morgan fingerprint density at radius 3 is 3.16 bits per heavy atom. The molecule has 0 aromatic carbocycles. The zero-order valence-electron chi connectivity index (χ0n) is 11.3. The number of fused-ring (bicyclic) bond motifs is 1. The van der Waals surface area contributed by atoms with Crippen molar-refractivity contribution >= 4 is 16.3 Å². The molecule has 19 heavy (non-hydrogen) atoms. The van der Waals surface area contributed by atoms with Crippen molar-refractivity contribution in [1.29, 1.82) is 0 Å². The van der Waals surface area contributed by atoms with Gasteiger partial charge in [0.15, 0.2) is 4.96 Å². The smallest absolute Gasteiger partial charge is 0.194 e. The molecule has 1 unspecified atom stereocenters. The third-order valence-corrected chi connectivity index (χ3v) is 4.19. The maximum absolute atomic E-state index is 5.61. The van der Waals surface area contributed by atoms with Crippen LogP contribution >= 0.6 is 11.3 Å². The van der Waals surface area contributed by atoms with Crippen LogP contribution in [0.1, 0.15) is 16.3 Å². The van der Waals surface area contributed by atoms with E-state index in [0.717, 1.165) is 23.7 Å². The van der Waals surface area contributed by atoms with E-state index in [1.54, 1.807) is 11.3 Å². The quantitative estimate of drug-likeness (QED) is 0.923. The Labute approximate surface area is 116 Å². The Morgan fingerprint density at radius 1 is 1.47 bits per heavy atom. The topological polar surface area (TPSA) is 47.8 Å². The summed E-state index contributed by atoms with van der Waals surface area (Å²) in [5.41, 5.74) is 2.33. The van der Waals surface area contributed by atoms with E-state index in [0.29, 0.717) is 19.8 Å². The van der Waals surface area contributed by atoms with Crippen molar-refractivity contribution in [2.24, 2.45) is 0 Å². The first-order valence-electron chi connectivity index (χ1n) is 6.58. The summed E-state index contributed by atoms with van der Waals surface area (Å²) in [6.07, 6.45) is 2.32. The summed E-state index contributed by atoms with van der Waals surface area (Å²) >= 11 is 1.73. The molecule has 0 spiro atoms. The Hall–Kier alpha value is -0.950. The van der Waals surface area contributed by atoms with Crippen molar-refractivity contribution in [3.05, 3.63) is 22.5 Å². The van der Waals surface area contributed by atoms with Crippen LogP contribution in [0.25, 0.3) is 4.96 Å². The molecule has 1 aliphatic heterocycles. The average Bonchev–Trinajstić information content (AvgIpc) is 2.88. The highest BCUT2D eigenvalue weighted by Crippen LogP contribution is 2.20. The maximum Gasteiger partial charge on any atom is 0.194 e. The first-order valence-corrected chi connectivity index (χ1v) is 7.39. The van der Waals surface area contributed by atoms with Gasteiger partial charge in [-0.1, -0.05) is 0 Å². The van der Waals surface area contributed by atoms with E-state index in [4.69, 9.17) is 9.47 Å². The van der Waals surface area contributed by atoms with Crippen molar-refractivity contribution in [2.45, 2.75) is 26.5 Å². The number of nitrogens with zero attached hydrogens (tertiary/aromatic N) is 2. The molecule has 3 heterocycles. The molecule has 2 aromatic rings. The van der Waals surface area contributed by atoms with Gasteiger partial charge in [0.1, 0.15) is 0 Å². The Morgan fingerprint density at radius 2 is 2.37 bits per heavy atom. The van der Waals surface area contributed by atoms with Crippen molar-refractivity contribution in [1.82, 2.24) is 14.7 Å². The van der Waals surface area contributed by atoms with Crippen LogP contribution in [-0.4, -0.2) is 41.9 Å². The zero-order valence-corrected chi connectivity index (χ0v) is 12.1. The number of thiazole rings is 1. The van der Waals surface area contributed by atoms with Gasteiger partial charge < -0.3 is 14.8 Å². The number of aryl methyl sites for hydroxylation is 2. The number of aromatic nitrogens is 2. The molecule has 0 saturated carbocycles. The normalized spacial score (nSPS) is 20.2. The summed E-state index contributed by atoms with van der Waals surface area (Å²) in [7, 11) is 0. The fourth-order valence-corrected chi connectivity index (χ4v) is 3.22. The lowest BCUT2D eigenvalue weighted by molar-refractivity contribution is -0.0864. The molecule has 0 amide bonds. The minimum Gasteiger partial charge on any atom is -0.376 e. The van der Waals surface area contributed by atoms with Crippen molar-refractivity contribution in [3.63, 3.8) is 0 Å². The second kappa shape index (κ2) is 5.58. The first kappa shape index (κ1) is 13.1. The lowest BCUT2D eigenvalue weighted by Gasteiger charge is -2.23. The van der Waals surface area contributed by atoms with Crippen LogP contribution in [0, 0.1) is 13.8 Å². The van der Waals surface area contributed by atoms with Gasteiger partial charge >= 0.3 is 0 Å². The molecule has 1 aliphatic rings. The molecule has 5 nitrogen and oxygen atoms in total. The van der Waals surface area contributed by atoms with Crippen LogP contribution in [0.4, 0.5) is 0 Å². The summed E-state index contributed by atoms with van der Waals surface area (Å²) in [6, 6.07) is 0. The number of ether oxygens (including phenoxy) is 2. The van der Waals surface area contributed by atoms with E-state index in [9.17, 15) is 0 Å². The summed E-state index contributed by atoms with van der Waals surface area (Å²) in [4.78, 5) is 6.94. The molecule has 1 fully saturated rings. The highest BCUT2D eigenvalue weighted by Gasteiger charge is 2.15. The molecule has 0 bridgehead atoms. The zero-order chi connectivity index (χ0) is 13.2. The van der Waals surface area contributed by atoms with Crippen molar-refractivity contribution in [2.75, 3.05) is 26.4 Å². The standard InChI is InChI=1S/C13H19N3O2S/c1-9-7-16-12(10(2)15-13(16)19-9)6-14-5-11-8-17-3-4-18-11/h7,11,14H,3-6,8H2,1-2H3. The third kappa shape index (κ3) is 2.81. The molecule has 1 atom stereocenters. The number of rotatable bonds is 4. The van der Waals surface area contributed by atoms with Crippen LogP contribution in [0.5, 0.6) is 0 Å². The number of hydrogen-bond donors (Lipinski definition) is 1. The first-order chi connectivity index (χ1) is 9.24. The number of nitrogens with one attached hydrogen (secondary N) is 1. The summed E-state index contributed by atoms with van der Waals surface area (Å²) in [5, 5.41) is 3.44. The highest BCUT2D eigenvalue weighted by atomic mass is 32.1.